The molecule has 2 aromatic rings. The third-order valence-corrected chi connectivity index (χ3v) is 3.99. The number of halogens is 2. The van der Waals surface area contributed by atoms with Crippen molar-refractivity contribution in [2.45, 2.75) is 45.4 Å². The van der Waals surface area contributed by atoms with E-state index in [0.29, 0.717) is 18.8 Å². The Morgan fingerprint density at radius 3 is 2.35 bits per heavy atom. The van der Waals surface area contributed by atoms with Gasteiger partial charge in [0.15, 0.2) is 0 Å². The molecule has 2 unspecified atom stereocenters. The second-order valence-corrected chi connectivity index (χ2v) is 6.11. The van der Waals surface area contributed by atoms with Gasteiger partial charge in [-0.05, 0) is 48.7 Å². The van der Waals surface area contributed by atoms with Crippen molar-refractivity contribution >= 4 is 18.3 Å². The Kier molecular flexibility index (Phi) is 9.10. The summed E-state index contributed by atoms with van der Waals surface area (Å²) < 4.78 is 18.6. The van der Waals surface area contributed by atoms with E-state index in [0.717, 1.165) is 17.5 Å². The van der Waals surface area contributed by atoms with Crippen molar-refractivity contribution in [3.8, 4) is 5.75 Å². The fourth-order valence-electron chi connectivity index (χ4n) is 2.45. The van der Waals surface area contributed by atoms with Crippen molar-refractivity contribution in [2.24, 2.45) is 5.73 Å². The molecule has 1 amide bonds. The minimum Gasteiger partial charge on any atom is -0.489 e. The summed E-state index contributed by atoms with van der Waals surface area (Å²) in [5, 5.41) is 2.92. The van der Waals surface area contributed by atoms with Gasteiger partial charge in [0.2, 0.25) is 5.91 Å². The molecule has 0 spiro atoms. The summed E-state index contributed by atoms with van der Waals surface area (Å²) in [6.07, 6.45) is 1.55. The molecule has 0 bridgehead atoms. The van der Waals surface area contributed by atoms with Gasteiger partial charge in [-0.15, -0.1) is 12.4 Å². The number of nitrogens with two attached hydrogens (primary N) is 1. The first-order valence-corrected chi connectivity index (χ1v) is 8.52. The molecule has 2 aromatic carbocycles. The molecule has 142 valence electrons. The van der Waals surface area contributed by atoms with Crippen LogP contribution in [0.15, 0.2) is 48.5 Å². The van der Waals surface area contributed by atoms with Crippen molar-refractivity contribution in [2.75, 3.05) is 0 Å². The molecule has 4 nitrogen and oxygen atoms in total. The molecule has 0 aliphatic heterocycles. The molecule has 0 aliphatic carbocycles. The van der Waals surface area contributed by atoms with Crippen LogP contribution < -0.4 is 15.8 Å². The number of hydrogen-bond acceptors (Lipinski definition) is 3. The van der Waals surface area contributed by atoms with E-state index in [-0.39, 0.29) is 30.2 Å². The van der Waals surface area contributed by atoms with E-state index in [9.17, 15) is 9.18 Å². The van der Waals surface area contributed by atoms with Gasteiger partial charge in [-0.25, -0.2) is 4.39 Å². The van der Waals surface area contributed by atoms with Crippen LogP contribution in [0.3, 0.4) is 0 Å². The third-order valence-electron chi connectivity index (χ3n) is 3.99. The quantitative estimate of drug-likeness (QED) is 0.723. The molecule has 0 heterocycles. The van der Waals surface area contributed by atoms with Crippen LogP contribution in [-0.4, -0.2) is 11.9 Å². The largest absolute Gasteiger partial charge is 0.489 e. The lowest BCUT2D eigenvalue weighted by Gasteiger charge is -2.18. The fourth-order valence-corrected chi connectivity index (χ4v) is 2.45. The first-order valence-electron chi connectivity index (χ1n) is 8.52. The van der Waals surface area contributed by atoms with Gasteiger partial charge in [0.25, 0.3) is 0 Å². The number of amides is 1. The normalized spacial score (nSPS) is 12.6. The van der Waals surface area contributed by atoms with Gasteiger partial charge in [0.1, 0.15) is 18.2 Å². The average Bonchev–Trinajstić information content (AvgIpc) is 2.61. The fraction of sp³-hybridized carbons (Fsp3) is 0.350. The molecule has 0 saturated heterocycles. The lowest BCUT2D eigenvalue weighted by molar-refractivity contribution is -0.123. The predicted molar refractivity (Wildman–Crippen MR) is 104 cm³/mol. The van der Waals surface area contributed by atoms with Gasteiger partial charge < -0.3 is 15.8 Å². The van der Waals surface area contributed by atoms with Gasteiger partial charge in [0.05, 0.1) is 12.1 Å². The SMILES string of the molecule is CCCC(N)C(=O)NC(C)c1ccc(OCc2ccc(F)cc2)cc1.Cl. The van der Waals surface area contributed by atoms with Crippen LogP contribution in [0.4, 0.5) is 4.39 Å². The number of benzene rings is 2. The zero-order chi connectivity index (χ0) is 18.2. The highest BCUT2D eigenvalue weighted by atomic mass is 35.5. The maximum atomic E-state index is 12.9. The Bertz CT molecular complexity index is 677. The Balaban J connectivity index is 0.00000338. The van der Waals surface area contributed by atoms with Gasteiger partial charge in [-0.3, -0.25) is 4.79 Å². The van der Waals surface area contributed by atoms with Crippen LogP contribution in [-0.2, 0) is 11.4 Å². The second-order valence-electron chi connectivity index (χ2n) is 6.11. The molecule has 0 radical (unpaired) electrons. The summed E-state index contributed by atoms with van der Waals surface area (Å²) in [5.41, 5.74) is 7.70. The zero-order valence-electron chi connectivity index (χ0n) is 15.1. The van der Waals surface area contributed by atoms with Crippen molar-refractivity contribution in [3.05, 3.63) is 65.5 Å². The number of hydrogen-bond donors (Lipinski definition) is 2. The van der Waals surface area contributed by atoms with E-state index in [1.54, 1.807) is 12.1 Å². The molecular formula is C20H26ClFN2O2. The van der Waals surface area contributed by atoms with E-state index < -0.39 is 6.04 Å². The molecule has 0 aromatic heterocycles. The van der Waals surface area contributed by atoms with E-state index in [1.165, 1.54) is 12.1 Å². The molecule has 2 rings (SSSR count). The minimum absolute atomic E-state index is 0. The predicted octanol–water partition coefficient (Wildman–Crippen LogP) is 4.13. The first kappa shape index (κ1) is 21.9. The zero-order valence-corrected chi connectivity index (χ0v) is 15.9. The van der Waals surface area contributed by atoms with Crippen LogP contribution in [0, 0.1) is 5.82 Å². The van der Waals surface area contributed by atoms with E-state index in [1.807, 2.05) is 38.1 Å². The lowest BCUT2D eigenvalue weighted by atomic mass is 10.1. The lowest BCUT2D eigenvalue weighted by Crippen LogP contribution is -2.41. The monoisotopic (exact) mass is 380 g/mol. The molecule has 0 saturated carbocycles. The van der Waals surface area contributed by atoms with Gasteiger partial charge in [-0.2, -0.15) is 0 Å². The highest BCUT2D eigenvalue weighted by Gasteiger charge is 2.15. The second kappa shape index (κ2) is 10.8. The third kappa shape index (κ3) is 6.65. The Morgan fingerprint density at radius 1 is 1.15 bits per heavy atom. The highest BCUT2D eigenvalue weighted by Crippen LogP contribution is 2.19. The number of carbonyl (C=O) groups is 1. The van der Waals surface area contributed by atoms with Crippen LogP contribution in [0.1, 0.15) is 43.9 Å². The molecule has 2 atom stereocenters. The van der Waals surface area contributed by atoms with Crippen molar-refractivity contribution in [1.29, 1.82) is 0 Å². The van der Waals surface area contributed by atoms with E-state index in [2.05, 4.69) is 5.32 Å². The maximum absolute atomic E-state index is 12.9. The van der Waals surface area contributed by atoms with Gasteiger partial charge in [0, 0.05) is 0 Å². The average molecular weight is 381 g/mol. The smallest absolute Gasteiger partial charge is 0.237 e. The van der Waals surface area contributed by atoms with Gasteiger partial charge >= 0.3 is 0 Å². The van der Waals surface area contributed by atoms with Crippen LogP contribution in [0.25, 0.3) is 0 Å². The molecule has 0 aliphatic rings. The topological polar surface area (TPSA) is 64.4 Å². The molecular weight excluding hydrogens is 355 g/mol. The molecule has 3 N–H and O–H groups in total. The summed E-state index contributed by atoms with van der Waals surface area (Å²) in [6.45, 7) is 4.30. The minimum atomic E-state index is -0.467. The summed E-state index contributed by atoms with van der Waals surface area (Å²) in [4.78, 5) is 12.0. The Labute approximate surface area is 160 Å². The highest BCUT2D eigenvalue weighted by molar-refractivity contribution is 5.85. The Hall–Kier alpha value is -2.11. The number of nitrogens with one attached hydrogen (secondary N) is 1. The van der Waals surface area contributed by atoms with Crippen molar-refractivity contribution < 1.29 is 13.9 Å². The number of carbonyl (C=O) groups excluding carboxylic acids is 1. The van der Waals surface area contributed by atoms with Crippen molar-refractivity contribution in [1.82, 2.24) is 5.32 Å². The maximum Gasteiger partial charge on any atom is 0.237 e. The standard InChI is InChI=1S/C20H25FN2O2.ClH/c1-3-4-19(22)20(24)23-14(2)16-7-11-18(12-8-16)25-13-15-5-9-17(21)10-6-15;/h5-12,14,19H,3-4,13,22H2,1-2H3,(H,23,24);1H. The molecule has 6 heteroatoms. The summed E-state index contributed by atoms with van der Waals surface area (Å²) in [7, 11) is 0. The van der Waals surface area contributed by atoms with Crippen molar-refractivity contribution in [3.63, 3.8) is 0 Å². The van der Waals surface area contributed by atoms with Gasteiger partial charge in [-0.1, -0.05) is 37.6 Å². The summed E-state index contributed by atoms with van der Waals surface area (Å²) in [6, 6.07) is 13.2. The first-order chi connectivity index (χ1) is 12.0. The number of rotatable bonds is 8. The Morgan fingerprint density at radius 2 is 1.77 bits per heavy atom. The van der Waals surface area contributed by atoms with Crippen LogP contribution >= 0.6 is 12.4 Å². The molecule has 26 heavy (non-hydrogen) atoms. The van der Waals surface area contributed by atoms with E-state index >= 15 is 0 Å². The van der Waals surface area contributed by atoms with E-state index in [4.69, 9.17) is 10.5 Å². The van der Waals surface area contributed by atoms with Crippen LogP contribution in [0.2, 0.25) is 0 Å². The van der Waals surface area contributed by atoms with Crippen LogP contribution in [0.5, 0.6) is 5.75 Å². The molecule has 0 fully saturated rings. The summed E-state index contributed by atoms with van der Waals surface area (Å²) in [5.74, 6) is 0.322. The summed E-state index contributed by atoms with van der Waals surface area (Å²) >= 11 is 0. The number of ether oxygens (including phenoxy) is 1.